The number of nitrogens with zero attached hydrogens (tertiary/aromatic N) is 4. The molecule has 0 aliphatic carbocycles. The summed E-state index contributed by atoms with van der Waals surface area (Å²) in [7, 11) is 0. The third kappa shape index (κ3) is 5.08. The summed E-state index contributed by atoms with van der Waals surface area (Å²) in [6, 6.07) is 20.0. The van der Waals surface area contributed by atoms with Gasteiger partial charge in [-0.3, -0.25) is 4.79 Å². The summed E-state index contributed by atoms with van der Waals surface area (Å²) < 4.78 is 0. The standard InChI is InChI=1S/C20H22N4O/c25-19(16-10-2-1-5-11-17-12-6-3-7-13-17)20-21-23-24(22-20)18-14-8-4-9-15-18/h3-4,6-9,12-15H,1-2,5,10-11,16H2. The predicted octanol–water partition coefficient (Wildman–Crippen LogP) is 4.04. The van der Waals surface area contributed by atoms with Crippen molar-refractivity contribution in [3.8, 4) is 5.69 Å². The summed E-state index contributed by atoms with van der Waals surface area (Å²) in [5.74, 6) is 0.165. The van der Waals surface area contributed by atoms with Crippen molar-refractivity contribution < 1.29 is 4.79 Å². The van der Waals surface area contributed by atoms with Crippen LogP contribution in [0.25, 0.3) is 5.69 Å². The number of tetrazole rings is 1. The molecule has 0 N–H and O–H groups in total. The Balaban J connectivity index is 1.37. The Labute approximate surface area is 147 Å². The second-order valence-electron chi connectivity index (χ2n) is 6.06. The number of para-hydroxylation sites is 1. The van der Waals surface area contributed by atoms with Gasteiger partial charge in [-0.2, -0.15) is 0 Å². The summed E-state index contributed by atoms with van der Waals surface area (Å²) in [4.78, 5) is 13.6. The lowest BCUT2D eigenvalue weighted by atomic mass is 10.0. The number of hydrogen-bond donors (Lipinski definition) is 0. The van der Waals surface area contributed by atoms with Gasteiger partial charge in [-0.1, -0.05) is 61.4 Å². The van der Waals surface area contributed by atoms with Gasteiger partial charge in [-0.15, -0.1) is 15.0 Å². The highest BCUT2D eigenvalue weighted by molar-refractivity contribution is 5.92. The number of hydrogen-bond acceptors (Lipinski definition) is 4. The zero-order chi connectivity index (χ0) is 17.3. The minimum atomic E-state index is -0.0368. The van der Waals surface area contributed by atoms with Crippen LogP contribution in [-0.2, 0) is 6.42 Å². The van der Waals surface area contributed by atoms with Crippen molar-refractivity contribution in [1.82, 2.24) is 20.2 Å². The first kappa shape index (κ1) is 17.0. The number of Topliss-reactive ketones (excluding diaryl/α,β-unsaturated/α-hetero) is 1. The Morgan fingerprint density at radius 3 is 2.28 bits per heavy atom. The molecule has 5 nitrogen and oxygen atoms in total. The molecule has 0 bridgehead atoms. The predicted molar refractivity (Wildman–Crippen MR) is 96.7 cm³/mol. The van der Waals surface area contributed by atoms with Crippen molar-refractivity contribution in [1.29, 1.82) is 0 Å². The average Bonchev–Trinajstić information content (AvgIpc) is 3.16. The normalized spacial score (nSPS) is 10.7. The summed E-state index contributed by atoms with van der Waals surface area (Å²) >= 11 is 0. The zero-order valence-electron chi connectivity index (χ0n) is 14.2. The van der Waals surface area contributed by atoms with E-state index in [9.17, 15) is 4.79 Å². The first-order valence-corrected chi connectivity index (χ1v) is 8.75. The number of aromatic nitrogens is 4. The molecule has 0 saturated heterocycles. The van der Waals surface area contributed by atoms with Crippen LogP contribution < -0.4 is 0 Å². The molecule has 0 atom stereocenters. The van der Waals surface area contributed by atoms with Gasteiger partial charge in [0.1, 0.15) is 0 Å². The van der Waals surface area contributed by atoms with Gasteiger partial charge < -0.3 is 0 Å². The molecule has 128 valence electrons. The smallest absolute Gasteiger partial charge is 0.240 e. The first-order chi connectivity index (χ1) is 12.3. The van der Waals surface area contributed by atoms with Crippen LogP contribution in [0.2, 0.25) is 0 Å². The topological polar surface area (TPSA) is 60.7 Å². The Morgan fingerprint density at radius 1 is 0.840 bits per heavy atom. The van der Waals surface area contributed by atoms with E-state index < -0.39 is 0 Å². The third-order valence-corrected chi connectivity index (χ3v) is 4.11. The maximum absolute atomic E-state index is 12.2. The van der Waals surface area contributed by atoms with Crippen LogP contribution in [0.4, 0.5) is 0 Å². The van der Waals surface area contributed by atoms with Gasteiger partial charge in [0.05, 0.1) is 5.69 Å². The summed E-state index contributed by atoms with van der Waals surface area (Å²) in [5, 5.41) is 12.0. The molecule has 0 fully saturated rings. The lowest BCUT2D eigenvalue weighted by Gasteiger charge is -2.01. The fourth-order valence-electron chi connectivity index (χ4n) is 2.72. The Bertz CT molecular complexity index is 784. The van der Waals surface area contributed by atoms with E-state index in [1.54, 1.807) is 0 Å². The second-order valence-corrected chi connectivity index (χ2v) is 6.06. The van der Waals surface area contributed by atoms with Crippen LogP contribution in [0.15, 0.2) is 60.7 Å². The lowest BCUT2D eigenvalue weighted by Crippen LogP contribution is -2.04. The summed E-state index contributed by atoms with van der Waals surface area (Å²) in [6.07, 6.45) is 5.78. The molecule has 3 rings (SSSR count). The maximum Gasteiger partial charge on any atom is 0.240 e. The molecule has 0 aliphatic heterocycles. The summed E-state index contributed by atoms with van der Waals surface area (Å²) in [6.45, 7) is 0. The zero-order valence-corrected chi connectivity index (χ0v) is 14.2. The van der Waals surface area contributed by atoms with Crippen LogP contribution in [0.3, 0.4) is 0 Å². The lowest BCUT2D eigenvalue weighted by molar-refractivity contribution is 0.0969. The first-order valence-electron chi connectivity index (χ1n) is 8.75. The van der Waals surface area contributed by atoms with Crippen molar-refractivity contribution in [2.45, 2.75) is 38.5 Å². The number of rotatable bonds is 9. The monoisotopic (exact) mass is 334 g/mol. The van der Waals surface area contributed by atoms with E-state index in [-0.39, 0.29) is 11.6 Å². The van der Waals surface area contributed by atoms with Crippen molar-refractivity contribution >= 4 is 5.78 Å². The Hall–Kier alpha value is -2.82. The molecule has 1 aromatic heterocycles. The molecule has 2 aromatic carbocycles. The molecule has 0 amide bonds. The van der Waals surface area contributed by atoms with Crippen LogP contribution in [0.5, 0.6) is 0 Å². The SMILES string of the molecule is O=C(CCCCCCc1ccccc1)c1nnn(-c2ccccc2)n1. The van der Waals surface area contributed by atoms with Crippen LogP contribution >= 0.6 is 0 Å². The van der Waals surface area contributed by atoms with E-state index in [0.717, 1.165) is 37.8 Å². The molecule has 5 heteroatoms. The largest absolute Gasteiger partial charge is 0.291 e. The van der Waals surface area contributed by atoms with Crippen molar-refractivity contribution in [3.05, 3.63) is 72.1 Å². The molecule has 1 heterocycles. The summed E-state index contributed by atoms with van der Waals surface area (Å²) in [5.41, 5.74) is 2.18. The van der Waals surface area contributed by atoms with Gasteiger partial charge in [-0.05, 0) is 42.2 Å². The minimum absolute atomic E-state index is 0.0368. The van der Waals surface area contributed by atoms with Crippen LogP contribution in [0.1, 0.15) is 48.3 Å². The van der Waals surface area contributed by atoms with Gasteiger partial charge >= 0.3 is 0 Å². The van der Waals surface area contributed by atoms with Crippen molar-refractivity contribution in [3.63, 3.8) is 0 Å². The van der Waals surface area contributed by atoms with E-state index in [2.05, 4.69) is 39.7 Å². The Morgan fingerprint density at radius 2 is 1.52 bits per heavy atom. The molecule has 0 radical (unpaired) electrons. The van der Waals surface area contributed by atoms with Gasteiger partial charge in [0.15, 0.2) is 0 Å². The van der Waals surface area contributed by atoms with E-state index in [1.165, 1.54) is 10.4 Å². The number of carbonyl (C=O) groups is 1. The molecule has 3 aromatic rings. The number of unbranched alkanes of at least 4 members (excludes halogenated alkanes) is 3. The maximum atomic E-state index is 12.2. The molecular formula is C20H22N4O. The number of ketones is 1. The fourth-order valence-corrected chi connectivity index (χ4v) is 2.72. The third-order valence-electron chi connectivity index (χ3n) is 4.11. The minimum Gasteiger partial charge on any atom is -0.291 e. The molecule has 0 saturated carbocycles. The van der Waals surface area contributed by atoms with Crippen molar-refractivity contribution in [2.75, 3.05) is 0 Å². The molecular weight excluding hydrogens is 312 g/mol. The van der Waals surface area contributed by atoms with Crippen LogP contribution in [0, 0.1) is 0 Å². The van der Waals surface area contributed by atoms with E-state index in [0.29, 0.717) is 6.42 Å². The number of carbonyl (C=O) groups excluding carboxylic acids is 1. The molecule has 0 aliphatic rings. The van der Waals surface area contributed by atoms with Crippen LogP contribution in [-0.4, -0.2) is 26.0 Å². The van der Waals surface area contributed by atoms with E-state index >= 15 is 0 Å². The molecule has 0 unspecified atom stereocenters. The fraction of sp³-hybridized carbons (Fsp3) is 0.300. The quantitative estimate of drug-likeness (QED) is 0.438. The highest BCUT2D eigenvalue weighted by Gasteiger charge is 2.13. The van der Waals surface area contributed by atoms with Gasteiger partial charge in [0.25, 0.3) is 0 Å². The van der Waals surface area contributed by atoms with Crippen molar-refractivity contribution in [2.24, 2.45) is 0 Å². The number of benzene rings is 2. The molecule has 0 spiro atoms. The van der Waals surface area contributed by atoms with Gasteiger partial charge in [0.2, 0.25) is 11.6 Å². The Kier molecular flexibility index (Phi) is 6.04. The second kappa shape index (κ2) is 8.87. The van der Waals surface area contributed by atoms with E-state index in [1.807, 2.05) is 36.4 Å². The average molecular weight is 334 g/mol. The van der Waals surface area contributed by atoms with Gasteiger partial charge in [0, 0.05) is 6.42 Å². The highest BCUT2D eigenvalue weighted by Crippen LogP contribution is 2.10. The molecule has 25 heavy (non-hydrogen) atoms. The number of aryl methyl sites for hydroxylation is 1. The highest BCUT2D eigenvalue weighted by atomic mass is 16.1. The van der Waals surface area contributed by atoms with Gasteiger partial charge in [-0.25, -0.2) is 0 Å². The van der Waals surface area contributed by atoms with E-state index in [4.69, 9.17) is 0 Å².